The molecule has 0 aromatic carbocycles. The Morgan fingerprint density at radius 3 is 2.22 bits per heavy atom. The Morgan fingerprint density at radius 2 is 1.67 bits per heavy atom. The fourth-order valence-electron chi connectivity index (χ4n) is 3.95. The van der Waals surface area contributed by atoms with Crippen LogP contribution in [-0.4, -0.2) is 59.7 Å². The fourth-order valence-corrected chi connectivity index (χ4v) is 4.58. The third-order valence-electron chi connectivity index (χ3n) is 5.53. The molecule has 7 heteroatoms. The molecule has 3 heterocycles. The summed E-state index contributed by atoms with van der Waals surface area (Å²) in [4.78, 5) is 42.3. The van der Waals surface area contributed by atoms with E-state index < -0.39 is 6.04 Å². The summed E-state index contributed by atoms with van der Waals surface area (Å²) in [7, 11) is 0. The van der Waals surface area contributed by atoms with Crippen LogP contribution >= 0.6 is 11.3 Å². The Hall–Kier alpha value is -1.89. The van der Waals surface area contributed by atoms with Crippen LogP contribution in [0.25, 0.3) is 0 Å². The third-order valence-corrected chi connectivity index (χ3v) is 6.40. The van der Waals surface area contributed by atoms with Gasteiger partial charge in [-0.3, -0.25) is 14.4 Å². The van der Waals surface area contributed by atoms with Crippen LogP contribution in [-0.2, 0) is 9.59 Å². The zero-order valence-electron chi connectivity index (χ0n) is 16.1. The van der Waals surface area contributed by atoms with Crippen molar-refractivity contribution in [3.63, 3.8) is 0 Å². The molecule has 1 atom stereocenters. The number of likely N-dealkylation sites (tertiary alicyclic amines) is 2. The van der Waals surface area contributed by atoms with Crippen LogP contribution in [0.3, 0.4) is 0 Å². The van der Waals surface area contributed by atoms with Gasteiger partial charge in [-0.1, -0.05) is 19.9 Å². The van der Waals surface area contributed by atoms with E-state index in [1.165, 1.54) is 11.3 Å². The van der Waals surface area contributed by atoms with Crippen LogP contribution in [0.15, 0.2) is 17.5 Å². The smallest absolute Gasteiger partial charge is 0.262 e. The van der Waals surface area contributed by atoms with Crippen LogP contribution in [0.5, 0.6) is 0 Å². The van der Waals surface area contributed by atoms with E-state index in [-0.39, 0.29) is 29.6 Å². The molecule has 2 saturated heterocycles. The number of nitrogens with zero attached hydrogens (tertiary/aromatic N) is 2. The number of hydrogen-bond acceptors (Lipinski definition) is 4. The second-order valence-electron chi connectivity index (χ2n) is 7.78. The Bertz CT molecular complexity index is 660. The molecule has 2 fully saturated rings. The predicted molar refractivity (Wildman–Crippen MR) is 106 cm³/mol. The Labute approximate surface area is 164 Å². The highest BCUT2D eigenvalue weighted by Gasteiger charge is 2.37. The maximum absolute atomic E-state index is 13.1. The van der Waals surface area contributed by atoms with Crippen molar-refractivity contribution in [1.82, 2.24) is 15.1 Å². The lowest BCUT2D eigenvalue weighted by molar-refractivity contribution is -0.137. The zero-order chi connectivity index (χ0) is 19.4. The Kier molecular flexibility index (Phi) is 6.52. The summed E-state index contributed by atoms with van der Waals surface area (Å²) >= 11 is 1.38. The number of amides is 3. The number of carbonyl (C=O) groups excluding carboxylic acids is 3. The van der Waals surface area contributed by atoms with Crippen LogP contribution in [0.4, 0.5) is 0 Å². The highest BCUT2D eigenvalue weighted by Crippen LogP contribution is 2.25. The molecule has 1 N–H and O–H groups in total. The topological polar surface area (TPSA) is 69.7 Å². The third kappa shape index (κ3) is 4.69. The van der Waals surface area contributed by atoms with E-state index >= 15 is 0 Å². The second-order valence-corrected chi connectivity index (χ2v) is 8.73. The molecular weight excluding hydrogens is 362 g/mol. The van der Waals surface area contributed by atoms with E-state index in [9.17, 15) is 14.4 Å². The lowest BCUT2D eigenvalue weighted by Gasteiger charge is -2.37. The normalized spacial score (nSPS) is 19.4. The number of hydrogen-bond donors (Lipinski definition) is 1. The van der Waals surface area contributed by atoms with Gasteiger partial charge < -0.3 is 15.1 Å². The second kappa shape index (κ2) is 8.87. The standard InChI is InChI=1S/C20H29N3O3S/c1-14(2)19(25)23-11-7-15(8-12-23)17(20(26)22-9-3-4-10-22)21-18(24)16-6-5-13-27-16/h5-6,13-15,17H,3-4,7-12H2,1-2H3,(H,21,24). The minimum Gasteiger partial charge on any atom is -0.342 e. The maximum Gasteiger partial charge on any atom is 0.262 e. The first-order chi connectivity index (χ1) is 13.0. The van der Waals surface area contributed by atoms with E-state index in [1.54, 1.807) is 6.07 Å². The van der Waals surface area contributed by atoms with Gasteiger partial charge in [0.25, 0.3) is 5.91 Å². The molecule has 3 rings (SSSR count). The van der Waals surface area contributed by atoms with Crippen molar-refractivity contribution in [3.8, 4) is 0 Å². The number of rotatable bonds is 5. The molecule has 148 valence electrons. The van der Waals surface area contributed by atoms with Crippen molar-refractivity contribution < 1.29 is 14.4 Å². The molecule has 0 radical (unpaired) electrons. The van der Waals surface area contributed by atoms with E-state index in [4.69, 9.17) is 0 Å². The van der Waals surface area contributed by atoms with Crippen molar-refractivity contribution in [1.29, 1.82) is 0 Å². The number of nitrogens with one attached hydrogen (secondary N) is 1. The molecule has 0 saturated carbocycles. The van der Waals surface area contributed by atoms with Crippen LogP contribution in [0, 0.1) is 11.8 Å². The molecular formula is C20H29N3O3S. The zero-order valence-corrected chi connectivity index (χ0v) is 17.0. The van der Waals surface area contributed by atoms with Gasteiger partial charge in [-0.25, -0.2) is 0 Å². The quantitative estimate of drug-likeness (QED) is 0.838. The summed E-state index contributed by atoms with van der Waals surface area (Å²) < 4.78 is 0. The predicted octanol–water partition coefficient (Wildman–Crippen LogP) is 2.36. The monoisotopic (exact) mass is 391 g/mol. The highest BCUT2D eigenvalue weighted by atomic mass is 32.1. The summed E-state index contributed by atoms with van der Waals surface area (Å²) in [5.74, 6) is 0.0769. The first-order valence-electron chi connectivity index (χ1n) is 9.89. The van der Waals surface area contributed by atoms with Gasteiger partial charge in [0.05, 0.1) is 4.88 Å². The first-order valence-corrected chi connectivity index (χ1v) is 10.8. The Morgan fingerprint density at radius 1 is 1.04 bits per heavy atom. The van der Waals surface area contributed by atoms with Gasteiger partial charge in [0.1, 0.15) is 6.04 Å². The molecule has 2 aliphatic rings. The SMILES string of the molecule is CC(C)C(=O)N1CCC(C(NC(=O)c2cccs2)C(=O)N2CCCC2)CC1. The minimum atomic E-state index is -0.506. The molecule has 6 nitrogen and oxygen atoms in total. The number of piperidine rings is 1. The molecule has 27 heavy (non-hydrogen) atoms. The van der Waals surface area contributed by atoms with Gasteiger partial charge in [-0.2, -0.15) is 0 Å². The average molecular weight is 392 g/mol. The summed E-state index contributed by atoms with van der Waals surface area (Å²) in [6, 6.07) is 3.11. The summed E-state index contributed by atoms with van der Waals surface area (Å²) in [5.41, 5.74) is 0. The highest BCUT2D eigenvalue weighted by molar-refractivity contribution is 7.12. The number of carbonyl (C=O) groups is 3. The largest absolute Gasteiger partial charge is 0.342 e. The van der Waals surface area contributed by atoms with Crippen LogP contribution in [0.1, 0.15) is 49.2 Å². The molecule has 0 aliphatic carbocycles. The fraction of sp³-hybridized carbons (Fsp3) is 0.650. The van der Waals surface area contributed by atoms with E-state index in [1.807, 2.05) is 35.1 Å². The van der Waals surface area contributed by atoms with Gasteiger partial charge >= 0.3 is 0 Å². The summed E-state index contributed by atoms with van der Waals surface area (Å²) in [6.45, 7) is 6.68. The lowest BCUT2D eigenvalue weighted by atomic mass is 9.88. The van der Waals surface area contributed by atoms with Crippen molar-refractivity contribution in [3.05, 3.63) is 22.4 Å². The van der Waals surface area contributed by atoms with Crippen molar-refractivity contribution in [2.45, 2.75) is 45.6 Å². The summed E-state index contributed by atoms with van der Waals surface area (Å²) in [5, 5.41) is 4.87. The van der Waals surface area contributed by atoms with Crippen molar-refractivity contribution >= 4 is 29.1 Å². The van der Waals surface area contributed by atoms with Gasteiger partial charge in [0.15, 0.2) is 0 Å². The van der Waals surface area contributed by atoms with E-state index in [2.05, 4.69) is 5.32 Å². The molecule has 1 aromatic rings. The molecule has 1 aromatic heterocycles. The van der Waals surface area contributed by atoms with E-state index in [0.717, 1.165) is 38.8 Å². The molecule has 3 amide bonds. The van der Waals surface area contributed by atoms with Gasteiger partial charge in [-0.05, 0) is 43.0 Å². The van der Waals surface area contributed by atoms with Crippen LogP contribution in [0.2, 0.25) is 0 Å². The summed E-state index contributed by atoms with van der Waals surface area (Å²) in [6.07, 6.45) is 3.54. The van der Waals surface area contributed by atoms with Crippen LogP contribution < -0.4 is 5.32 Å². The molecule has 0 bridgehead atoms. The lowest BCUT2D eigenvalue weighted by Crippen LogP contribution is -2.54. The number of thiophene rings is 1. The average Bonchev–Trinajstić information content (AvgIpc) is 3.39. The van der Waals surface area contributed by atoms with Gasteiger partial charge in [-0.15, -0.1) is 11.3 Å². The Balaban J connectivity index is 1.69. The first kappa shape index (κ1) is 19.9. The van der Waals surface area contributed by atoms with Gasteiger partial charge in [0.2, 0.25) is 11.8 Å². The van der Waals surface area contributed by atoms with Crippen molar-refractivity contribution in [2.24, 2.45) is 11.8 Å². The maximum atomic E-state index is 13.1. The molecule has 0 spiro atoms. The minimum absolute atomic E-state index is 0.0119. The molecule has 2 aliphatic heterocycles. The van der Waals surface area contributed by atoms with Crippen molar-refractivity contribution in [2.75, 3.05) is 26.2 Å². The van der Waals surface area contributed by atoms with Gasteiger partial charge in [0, 0.05) is 32.1 Å². The molecule has 1 unspecified atom stereocenters. The van der Waals surface area contributed by atoms with E-state index in [0.29, 0.717) is 18.0 Å².